The minimum Gasteiger partial charge on any atom is -0.349 e. The zero-order chi connectivity index (χ0) is 15.2. The molecule has 1 aromatic heterocycles. The predicted octanol–water partition coefficient (Wildman–Crippen LogP) is 2.53. The molecule has 2 rings (SSSR count). The average Bonchev–Trinajstić information content (AvgIpc) is 2.47. The number of nitrogens with one attached hydrogen (secondary N) is 1. The van der Waals surface area contributed by atoms with Gasteiger partial charge in [-0.25, -0.2) is 4.98 Å². The molecule has 21 heavy (non-hydrogen) atoms. The summed E-state index contributed by atoms with van der Waals surface area (Å²) in [6, 6.07) is 0.342. The Hall–Kier alpha value is -1.23. The molecule has 0 aromatic carbocycles. The third-order valence-electron chi connectivity index (χ3n) is 4.16. The molecule has 118 valence electrons. The third-order valence-corrected chi connectivity index (χ3v) is 4.16. The van der Waals surface area contributed by atoms with Gasteiger partial charge in [0.05, 0.1) is 11.4 Å². The zero-order valence-corrected chi connectivity index (χ0v) is 13.9. The van der Waals surface area contributed by atoms with Crippen molar-refractivity contribution in [2.24, 2.45) is 5.92 Å². The molecule has 5 heteroatoms. The summed E-state index contributed by atoms with van der Waals surface area (Å²) in [5.74, 6) is 1.49. The van der Waals surface area contributed by atoms with Gasteiger partial charge in [0.2, 0.25) is 5.95 Å². The van der Waals surface area contributed by atoms with Gasteiger partial charge in [-0.1, -0.05) is 20.8 Å². The lowest BCUT2D eigenvalue weighted by atomic mass is 10.00. The number of aromatic nitrogens is 3. The summed E-state index contributed by atoms with van der Waals surface area (Å²) < 4.78 is 0. The van der Waals surface area contributed by atoms with E-state index in [1.165, 1.54) is 25.9 Å². The lowest BCUT2D eigenvalue weighted by molar-refractivity contribution is 0.179. The van der Waals surface area contributed by atoms with Gasteiger partial charge in [0.15, 0.2) is 0 Å². The smallest absolute Gasteiger partial charge is 0.243 e. The van der Waals surface area contributed by atoms with Gasteiger partial charge in [-0.05, 0) is 45.1 Å². The molecule has 0 radical (unpaired) electrons. The molecule has 1 aromatic rings. The van der Waals surface area contributed by atoms with Crippen molar-refractivity contribution in [1.29, 1.82) is 0 Å². The maximum atomic E-state index is 4.61. The van der Waals surface area contributed by atoms with Crippen LogP contribution in [0.3, 0.4) is 0 Å². The van der Waals surface area contributed by atoms with E-state index in [-0.39, 0.29) is 0 Å². The minimum absolute atomic E-state index is 0.342. The molecular formula is C16H29N5. The van der Waals surface area contributed by atoms with E-state index in [0.717, 1.165) is 36.7 Å². The second kappa shape index (κ2) is 7.69. The molecule has 1 N–H and O–H groups in total. The summed E-state index contributed by atoms with van der Waals surface area (Å²) in [7, 11) is 0. The number of nitrogens with zero attached hydrogens (tertiary/aromatic N) is 4. The largest absolute Gasteiger partial charge is 0.349 e. The van der Waals surface area contributed by atoms with Crippen molar-refractivity contribution in [3.8, 4) is 0 Å². The first-order valence-corrected chi connectivity index (χ1v) is 8.33. The molecule has 0 bridgehead atoms. The summed E-state index contributed by atoms with van der Waals surface area (Å²) >= 11 is 0. The van der Waals surface area contributed by atoms with Crippen LogP contribution in [0, 0.1) is 5.92 Å². The Labute approximate surface area is 128 Å². The van der Waals surface area contributed by atoms with Crippen LogP contribution in [0.25, 0.3) is 0 Å². The Morgan fingerprint density at radius 3 is 2.67 bits per heavy atom. The standard InChI is InChI=1S/C16H29N5/c1-5-14-15(6-2)19-20-16(18-14)17-13(4)11-21-9-7-8-12(3)10-21/h12-13H,5-11H2,1-4H3,(H,17,18,20). The van der Waals surface area contributed by atoms with Crippen LogP contribution in [0.5, 0.6) is 0 Å². The van der Waals surface area contributed by atoms with Crippen LogP contribution in [0.4, 0.5) is 5.95 Å². The molecule has 0 aliphatic carbocycles. The number of hydrogen-bond acceptors (Lipinski definition) is 5. The molecule has 1 fully saturated rings. The predicted molar refractivity (Wildman–Crippen MR) is 86.5 cm³/mol. The maximum Gasteiger partial charge on any atom is 0.243 e. The topological polar surface area (TPSA) is 53.9 Å². The normalized spacial score (nSPS) is 21.2. The SMILES string of the molecule is CCc1nnc(NC(C)CN2CCCC(C)C2)nc1CC. The number of likely N-dealkylation sites (tertiary alicyclic amines) is 1. The quantitative estimate of drug-likeness (QED) is 0.873. The molecule has 2 atom stereocenters. The van der Waals surface area contributed by atoms with E-state index in [4.69, 9.17) is 0 Å². The summed E-state index contributed by atoms with van der Waals surface area (Å²) in [5, 5.41) is 11.9. The van der Waals surface area contributed by atoms with Crippen LogP contribution < -0.4 is 5.32 Å². The maximum absolute atomic E-state index is 4.61. The molecule has 0 spiro atoms. The Kier molecular flexibility index (Phi) is 5.91. The van der Waals surface area contributed by atoms with Gasteiger partial charge >= 0.3 is 0 Å². The van der Waals surface area contributed by atoms with Gasteiger partial charge in [-0.3, -0.25) is 0 Å². The molecule has 2 heterocycles. The van der Waals surface area contributed by atoms with Gasteiger partial charge in [-0.15, -0.1) is 5.10 Å². The average molecular weight is 291 g/mol. The van der Waals surface area contributed by atoms with Crippen LogP contribution in [0.2, 0.25) is 0 Å². The first-order chi connectivity index (χ1) is 10.1. The number of rotatable bonds is 6. The molecule has 5 nitrogen and oxygen atoms in total. The highest BCUT2D eigenvalue weighted by Gasteiger charge is 2.18. The van der Waals surface area contributed by atoms with Gasteiger partial charge < -0.3 is 10.2 Å². The first kappa shape index (κ1) is 16.1. The molecule has 0 amide bonds. The zero-order valence-electron chi connectivity index (χ0n) is 13.9. The molecule has 1 aliphatic heterocycles. The van der Waals surface area contributed by atoms with E-state index in [1.807, 2.05) is 0 Å². The molecule has 1 saturated heterocycles. The van der Waals surface area contributed by atoms with E-state index in [1.54, 1.807) is 0 Å². The number of piperidine rings is 1. The molecule has 2 unspecified atom stereocenters. The van der Waals surface area contributed by atoms with Crippen molar-refractivity contribution in [1.82, 2.24) is 20.1 Å². The monoisotopic (exact) mass is 291 g/mol. The second-order valence-electron chi connectivity index (χ2n) is 6.29. The van der Waals surface area contributed by atoms with Gasteiger partial charge in [-0.2, -0.15) is 5.10 Å². The van der Waals surface area contributed by atoms with E-state index >= 15 is 0 Å². The number of hydrogen-bond donors (Lipinski definition) is 1. The van der Waals surface area contributed by atoms with E-state index in [9.17, 15) is 0 Å². The van der Waals surface area contributed by atoms with Crippen molar-refractivity contribution < 1.29 is 0 Å². The van der Waals surface area contributed by atoms with Gasteiger partial charge in [0.1, 0.15) is 0 Å². The van der Waals surface area contributed by atoms with Crippen LogP contribution in [-0.4, -0.2) is 45.8 Å². The Balaban J connectivity index is 1.91. The van der Waals surface area contributed by atoms with Crippen molar-refractivity contribution >= 4 is 5.95 Å². The molecule has 1 aliphatic rings. The number of aryl methyl sites for hydroxylation is 2. The van der Waals surface area contributed by atoms with E-state index in [0.29, 0.717) is 12.0 Å². The van der Waals surface area contributed by atoms with Gasteiger partial charge in [0, 0.05) is 19.1 Å². The number of anilines is 1. The van der Waals surface area contributed by atoms with E-state index < -0.39 is 0 Å². The van der Waals surface area contributed by atoms with Crippen molar-refractivity contribution in [2.45, 2.75) is 59.4 Å². The molecular weight excluding hydrogens is 262 g/mol. The van der Waals surface area contributed by atoms with Crippen molar-refractivity contribution in [3.63, 3.8) is 0 Å². The Bertz CT molecular complexity index is 448. The third kappa shape index (κ3) is 4.63. The van der Waals surface area contributed by atoms with E-state index in [2.05, 4.69) is 53.1 Å². The summed E-state index contributed by atoms with van der Waals surface area (Å²) in [4.78, 5) is 7.15. The summed E-state index contributed by atoms with van der Waals surface area (Å²) in [6.07, 6.45) is 4.48. The lowest BCUT2D eigenvalue weighted by Crippen LogP contribution is -2.41. The first-order valence-electron chi connectivity index (χ1n) is 8.33. The molecule has 0 saturated carbocycles. The Morgan fingerprint density at radius 2 is 2.00 bits per heavy atom. The van der Waals surface area contributed by atoms with Crippen LogP contribution >= 0.6 is 0 Å². The fraction of sp³-hybridized carbons (Fsp3) is 0.812. The second-order valence-corrected chi connectivity index (χ2v) is 6.29. The van der Waals surface area contributed by atoms with Crippen LogP contribution in [-0.2, 0) is 12.8 Å². The fourth-order valence-electron chi connectivity index (χ4n) is 3.11. The fourth-order valence-corrected chi connectivity index (χ4v) is 3.11. The van der Waals surface area contributed by atoms with Crippen molar-refractivity contribution in [2.75, 3.05) is 25.0 Å². The summed E-state index contributed by atoms with van der Waals surface area (Å²) in [6.45, 7) is 12.2. The summed E-state index contributed by atoms with van der Waals surface area (Å²) in [5.41, 5.74) is 2.08. The van der Waals surface area contributed by atoms with Crippen LogP contribution in [0.1, 0.15) is 51.9 Å². The highest BCUT2D eigenvalue weighted by atomic mass is 15.3. The highest BCUT2D eigenvalue weighted by Crippen LogP contribution is 2.16. The minimum atomic E-state index is 0.342. The van der Waals surface area contributed by atoms with Gasteiger partial charge in [0.25, 0.3) is 0 Å². The lowest BCUT2D eigenvalue weighted by Gasteiger charge is -2.32. The van der Waals surface area contributed by atoms with Crippen molar-refractivity contribution in [3.05, 3.63) is 11.4 Å². The Morgan fingerprint density at radius 1 is 1.24 bits per heavy atom. The van der Waals surface area contributed by atoms with Crippen LogP contribution in [0.15, 0.2) is 0 Å². The highest BCUT2D eigenvalue weighted by molar-refractivity contribution is 5.27.